The lowest BCUT2D eigenvalue weighted by atomic mass is 9.75. The average Bonchev–Trinajstić information content (AvgIpc) is 3.01. The zero-order chi connectivity index (χ0) is 13.5. The summed E-state index contributed by atoms with van der Waals surface area (Å²) >= 11 is 0. The zero-order valence-electron chi connectivity index (χ0n) is 13.2. The van der Waals surface area contributed by atoms with Crippen molar-refractivity contribution in [3.8, 4) is 0 Å². The van der Waals surface area contributed by atoms with Gasteiger partial charge in [-0.25, -0.2) is 0 Å². The maximum atomic E-state index is 3.51. The fraction of sp³-hybridized carbons (Fsp3) is 1.00. The van der Waals surface area contributed by atoms with Gasteiger partial charge in [0.05, 0.1) is 0 Å². The fourth-order valence-electron chi connectivity index (χ4n) is 4.52. The molecular formula is C17H32N2. The van der Waals surface area contributed by atoms with Gasteiger partial charge in [-0.2, -0.15) is 0 Å². The highest BCUT2D eigenvalue weighted by atomic mass is 15.1. The van der Waals surface area contributed by atoms with Crippen LogP contribution >= 0.6 is 0 Å². The van der Waals surface area contributed by atoms with E-state index in [-0.39, 0.29) is 0 Å². The molecule has 110 valence electrons. The number of nitrogens with one attached hydrogen (secondary N) is 1. The van der Waals surface area contributed by atoms with Gasteiger partial charge in [-0.05, 0) is 80.9 Å². The second-order valence-electron chi connectivity index (χ2n) is 8.45. The molecule has 2 heteroatoms. The molecule has 3 aliphatic rings. The van der Waals surface area contributed by atoms with E-state index in [9.17, 15) is 0 Å². The van der Waals surface area contributed by atoms with Crippen molar-refractivity contribution in [3.63, 3.8) is 0 Å². The number of hydrogen-bond donors (Lipinski definition) is 1. The zero-order valence-corrected chi connectivity index (χ0v) is 13.2. The van der Waals surface area contributed by atoms with Crippen molar-refractivity contribution < 1.29 is 0 Å². The Morgan fingerprint density at radius 1 is 1.11 bits per heavy atom. The quantitative estimate of drug-likeness (QED) is 0.824. The summed E-state index contributed by atoms with van der Waals surface area (Å²) in [6, 6.07) is 0. The van der Waals surface area contributed by atoms with Gasteiger partial charge in [-0.15, -0.1) is 0 Å². The Bertz CT molecular complexity index is 304. The van der Waals surface area contributed by atoms with E-state index < -0.39 is 0 Å². The highest BCUT2D eigenvalue weighted by molar-refractivity contribution is 5.05. The summed E-state index contributed by atoms with van der Waals surface area (Å²) in [5.74, 6) is 1.97. The molecule has 1 aliphatic carbocycles. The second kappa shape index (κ2) is 5.04. The van der Waals surface area contributed by atoms with E-state index in [0.717, 1.165) is 17.3 Å². The van der Waals surface area contributed by atoms with Crippen LogP contribution in [-0.2, 0) is 0 Å². The molecule has 1 unspecified atom stereocenters. The van der Waals surface area contributed by atoms with Crippen molar-refractivity contribution in [2.45, 2.75) is 52.9 Å². The normalized spacial score (nSPS) is 32.7. The third-order valence-corrected chi connectivity index (χ3v) is 6.25. The molecule has 19 heavy (non-hydrogen) atoms. The molecule has 2 nitrogen and oxygen atoms in total. The largest absolute Gasteiger partial charge is 0.317 e. The van der Waals surface area contributed by atoms with Crippen LogP contribution in [0.5, 0.6) is 0 Å². The molecule has 2 heterocycles. The van der Waals surface area contributed by atoms with Crippen LogP contribution in [0.15, 0.2) is 0 Å². The predicted molar refractivity (Wildman–Crippen MR) is 81.3 cm³/mol. The van der Waals surface area contributed by atoms with Crippen LogP contribution in [0.1, 0.15) is 52.9 Å². The first-order valence-corrected chi connectivity index (χ1v) is 8.43. The first-order valence-electron chi connectivity index (χ1n) is 8.43. The minimum absolute atomic E-state index is 0.516. The van der Waals surface area contributed by atoms with Gasteiger partial charge in [0.1, 0.15) is 0 Å². The molecule has 2 saturated heterocycles. The smallest absolute Gasteiger partial charge is 0.00152 e. The van der Waals surface area contributed by atoms with Gasteiger partial charge in [0.15, 0.2) is 0 Å². The number of nitrogens with zero attached hydrogens (tertiary/aromatic N) is 1. The van der Waals surface area contributed by atoms with Gasteiger partial charge >= 0.3 is 0 Å². The van der Waals surface area contributed by atoms with E-state index in [1.54, 1.807) is 0 Å². The Kier molecular flexibility index (Phi) is 3.68. The summed E-state index contributed by atoms with van der Waals surface area (Å²) in [5.41, 5.74) is 1.29. The highest BCUT2D eigenvalue weighted by Crippen LogP contribution is 2.58. The summed E-state index contributed by atoms with van der Waals surface area (Å²) in [6.07, 6.45) is 7.25. The molecule has 1 atom stereocenters. The van der Waals surface area contributed by atoms with Crippen LogP contribution in [0.4, 0.5) is 0 Å². The SMILES string of the molecule is CC(C)(C)C1CCN(CC2CC23CCNCC3)CC1. The van der Waals surface area contributed by atoms with Crippen LogP contribution in [0, 0.1) is 22.7 Å². The summed E-state index contributed by atoms with van der Waals surface area (Å²) in [4.78, 5) is 2.77. The molecule has 1 N–H and O–H groups in total. The molecule has 0 bridgehead atoms. The van der Waals surface area contributed by atoms with Crippen molar-refractivity contribution in [2.24, 2.45) is 22.7 Å². The van der Waals surface area contributed by atoms with Gasteiger partial charge in [0.2, 0.25) is 0 Å². The van der Waals surface area contributed by atoms with Crippen molar-refractivity contribution in [1.82, 2.24) is 10.2 Å². The summed E-state index contributed by atoms with van der Waals surface area (Å²) < 4.78 is 0. The maximum absolute atomic E-state index is 3.51. The van der Waals surface area contributed by atoms with Gasteiger partial charge in [-0.3, -0.25) is 0 Å². The maximum Gasteiger partial charge on any atom is 0.00152 e. The lowest BCUT2D eigenvalue weighted by Crippen LogP contribution is -2.40. The van der Waals surface area contributed by atoms with Crippen LogP contribution < -0.4 is 5.32 Å². The number of likely N-dealkylation sites (tertiary alicyclic amines) is 1. The van der Waals surface area contributed by atoms with Crippen LogP contribution in [0.2, 0.25) is 0 Å². The average molecular weight is 264 g/mol. The lowest BCUT2D eigenvalue weighted by molar-refractivity contribution is 0.104. The molecule has 0 aromatic rings. The Morgan fingerprint density at radius 2 is 1.74 bits per heavy atom. The number of rotatable bonds is 2. The third-order valence-electron chi connectivity index (χ3n) is 6.25. The number of hydrogen-bond acceptors (Lipinski definition) is 2. The predicted octanol–water partition coefficient (Wildman–Crippen LogP) is 3.13. The lowest BCUT2D eigenvalue weighted by Gasteiger charge is -2.39. The van der Waals surface area contributed by atoms with Gasteiger partial charge in [-0.1, -0.05) is 20.8 Å². The summed E-state index contributed by atoms with van der Waals surface area (Å²) in [7, 11) is 0. The molecule has 3 fully saturated rings. The fourth-order valence-corrected chi connectivity index (χ4v) is 4.52. The topological polar surface area (TPSA) is 15.3 Å². The summed E-state index contributed by atoms with van der Waals surface area (Å²) in [6.45, 7) is 13.9. The van der Waals surface area contributed by atoms with Crippen LogP contribution in [-0.4, -0.2) is 37.6 Å². The highest BCUT2D eigenvalue weighted by Gasteiger charge is 2.53. The van der Waals surface area contributed by atoms with Gasteiger partial charge in [0, 0.05) is 6.54 Å². The van der Waals surface area contributed by atoms with Crippen molar-refractivity contribution in [2.75, 3.05) is 32.7 Å². The van der Waals surface area contributed by atoms with E-state index in [0.29, 0.717) is 5.41 Å². The molecular weight excluding hydrogens is 232 g/mol. The molecule has 0 aromatic carbocycles. The number of piperidine rings is 2. The minimum Gasteiger partial charge on any atom is -0.317 e. The molecule has 0 aromatic heterocycles. The second-order valence-corrected chi connectivity index (χ2v) is 8.45. The van der Waals surface area contributed by atoms with Crippen molar-refractivity contribution >= 4 is 0 Å². The Balaban J connectivity index is 1.44. The molecule has 3 rings (SSSR count). The first kappa shape index (κ1) is 13.9. The molecule has 2 aliphatic heterocycles. The summed E-state index contributed by atoms with van der Waals surface area (Å²) in [5, 5.41) is 3.51. The van der Waals surface area contributed by atoms with E-state index in [1.165, 1.54) is 64.8 Å². The Morgan fingerprint density at radius 3 is 2.32 bits per heavy atom. The van der Waals surface area contributed by atoms with E-state index >= 15 is 0 Å². The molecule has 0 radical (unpaired) electrons. The third kappa shape index (κ3) is 3.00. The van der Waals surface area contributed by atoms with E-state index in [1.807, 2.05) is 0 Å². The van der Waals surface area contributed by atoms with E-state index in [4.69, 9.17) is 0 Å². The molecule has 1 spiro atoms. The van der Waals surface area contributed by atoms with Gasteiger partial charge < -0.3 is 10.2 Å². The van der Waals surface area contributed by atoms with Crippen LogP contribution in [0.3, 0.4) is 0 Å². The molecule has 1 saturated carbocycles. The van der Waals surface area contributed by atoms with Crippen molar-refractivity contribution in [1.29, 1.82) is 0 Å². The van der Waals surface area contributed by atoms with E-state index in [2.05, 4.69) is 31.0 Å². The Labute approximate surface area is 119 Å². The monoisotopic (exact) mass is 264 g/mol. The Hall–Kier alpha value is -0.0800. The van der Waals surface area contributed by atoms with Gasteiger partial charge in [0.25, 0.3) is 0 Å². The van der Waals surface area contributed by atoms with Crippen LogP contribution in [0.25, 0.3) is 0 Å². The first-order chi connectivity index (χ1) is 9.00. The molecule has 0 amide bonds. The minimum atomic E-state index is 0.516. The standard InChI is InChI=1S/C17H32N2/c1-16(2,3)14-4-10-19(11-5-14)13-15-12-17(15)6-8-18-9-7-17/h14-15,18H,4-13H2,1-3H3. The van der Waals surface area contributed by atoms with Crippen molar-refractivity contribution in [3.05, 3.63) is 0 Å².